The average Bonchev–Trinajstić information content (AvgIpc) is 2.92. The molecule has 0 saturated carbocycles. The first-order chi connectivity index (χ1) is 10.0. The number of rotatable bonds is 3. The Morgan fingerprint density at radius 3 is 2.95 bits per heavy atom. The fourth-order valence-electron chi connectivity index (χ4n) is 2.47. The number of thioether (sulfide) groups is 1. The molecule has 2 aromatic rings. The second-order valence-electron chi connectivity index (χ2n) is 6.33. The highest BCUT2D eigenvalue weighted by Crippen LogP contribution is 2.30. The van der Waals surface area contributed by atoms with E-state index in [-0.39, 0.29) is 10.7 Å². The molecule has 0 amide bonds. The maximum absolute atomic E-state index is 5.51. The Labute approximate surface area is 129 Å². The summed E-state index contributed by atoms with van der Waals surface area (Å²) in [6.07, 6.45) is 0. The van der Waals surface area contributed by atoms with Crippen LogP contribution < -0.4 is 5.32 Å². The minimum Gasteiger partial charge on any atom is -0.339 e. The predicted molar refractivity (Wildman–Crippen MR) is 85.3 cm³/mol. The highest BCUT2D eigenvalue weighted by Gasteiger charge is 2.26. The van der Waals surface area contributed by atoms with Crippen molar-refractivity contribution in [2.45, 2.75) is 43.7 Å². The first-order valence-electron chi connectivity index (χ1n) is 7.28. The number of fused-ring (bicyclic) bond motifs is 1. The Kier molecular flexibility index (Phi) is 4.04. The van der Waals surface area contributed by atoms with E-state index < -0.39 is 0 Å². The Morgan fingerprint density at radius 1 is 1.33 bits per heavy atom. The number of benzene rings is 1. The van der Waals surface area contributed by atoms with Gasteiger partial charge >= 0.3 is 0 Å². The van der Waals surface area contributed by atoms with E-state index in [1.54, 1.807) is 0 Å². The molecule has 0 spiro atoms. The van der Waals surface area contributed by atoms with Crippen LogP contribution in [0.3, 0.4) is 0 Å². The van der Waals surface area contributed by atoms with Gasteiger partial charge in [0.2, 0.25) is 5.89 Å². The van der Waals surface area contributed by atoms with Crippen molar-refractivity contribution in [3.63, 3.8) is 0 Å². The Hall–Kier alpha value is -1.33. The summed E-state index contributed by atoms with van der Waals surface area (Å²) < 4.78 is 5.72. The minimum atomic E-state index is 0.163. The summed E-state index contributed by atoms with van der Waals surface area (Å²) in [5, 5.41) is 7.55. The summed E-state index contributed by atoms with van der Waals surface area (Å²) >= 11 is 1.83. The molecule has 1 aromatic carbocycles. The van der Waals surface area contributed by atoms with E-state index in [1.807, 2.05) is 11.8 Å². The number of hydrogen-bond acceptors (Lipinski definition) is 5. The van der Waals surface area contributed by atoms with E-state index in [9.17, 15) is 0 Å². The number of nitrogens with one attached hydrogen (secondary N) is 1. The summed E-state index contributed by atoms with van der Waals surface area (Å²) in [6.45, 7) is 8.35. The van der Waals surface area contributed by atoms with Gasteiger partial charge in [-0.15, -0.1) is 11.8 Å². The lowest BCUT2D eigenvalue weighted by Gasteiger charge is -2.23. The highest BCUT2D eigenvalue weighted by molar-refractivity contribution is 7.99. The van der Waals surface area contributed by atoms with E-state index in [4.69, 9.17) is 4.52 Å². The van der Waals surface area contributed by atoms with Crippen molar-refractivity contribution >= 4 is 11.8 Å². The molecule has 1 N–H and O–H groups in total. The van der Waals surface area contributed by atoms with Crippen LogP contribution in [0.2, 0.25) is 0 Å². The van der Waals surface area contributed by atoms with Crippen LogP contribution in [0, 0.1) is 0 Å². The minimum absolute atomic E-state index is 0.163. The highest BCUT2D eigenvalue weighted by atomic mass is 32.2. The monoisotopic (exact) mass is 303 g/mol. The van der Waals surface area contributed by atoms with Crippen molar-refractivity contribution in [3.05, 3.63) is 47.1 Å². The summed E-state index contributed by atoms with van der Waals surface area (Å²) in [4.78, 5) is 4.60. The molecule has 0 radical (unpaired) electrons. The van der Waals surface area contributed by atoms with Gasteiger partial charge in [0.1, 0.15) is 0 Å². The lowest BCUT2D eigenvalue weighted by atomic mass is 9.91. The number of hydrogen-bond donors (Lipinski definition) is 1. The van der Waals surface area contributed by atoms with Crippen LogP contribution in [0.15, 0.2) is 28.8 Å². The van der Waals surface area contributed by atoms with Gasteiger partial charge in [-0.3, -0.25) is 0 Å². The van der Waals surface area contributed by atoms with Crippen LogP contribution in [-0.2, 0) is 12.3 Å². The summed E-state index contributed by atoms with van der Waals surface area (Å²) in [5.41, 5.74) is 2.62. The first-order valence-corrected chi connectivity index (χ1v) is 8.26. The van der Waals surface area contributed by atoms with Gasteiger partial charge in [0.15, 0.2) is 5.82 Å². The second kappa shape index (κ2) is 5.81. The third kappa shape index (κ3) is 3.47. The van der Waals surface area contributed by atoms with Gasteiger partial charge in [-0.1, -0.05) is 50.2 Å². The van der Waals surface area contributed by atoms with Crippen molar-refractivity contribution in [1.29, 1.82) is 0 Å². The summed E-state index contributed by atoms with van der Waals surface area (Å²) in [7, 11) is 0. The van der Waals surface area contributed by atoms with E-state index in [0.29, 0.717) is 0 Å². The maximum Gasteiger partial charge on any atom is 0.235 e. The standard InChI is InChI=1S/C16H21N3OS/c1-16(2,3)21-10-14-18-15(20-19-14)13-9-17-8-11-6-4-5-7-12(11)13/h4-7,13,17H,8-10H2,1-3H3. The van der Waals surface area contributed by atoms with Gasteiger partial charge in [0.05, 0.1) is 11.7 Å². The molecule has 0 aliphatic carbocycles. The lowest BCUT2D eigenvalue weighted by molar-refractivity contribution is 0.353. The molecule has 0 bridgehead atoms. The molecular weight excluding hydrogens is 282 g/mol. The third-order valence-electron chi connectivity index (χ3n) is 3.51. The van der Waals surface area contributed by atoms with Gasteiger partial charge < -0.3 is 9.84 Å². The topological polar surface area (TPSA) is 51.0 Å². The second-order valence-corrected chi connectivity index (χ2v) is 8.13. The molecule has 0 fully saturated rings. The van der Waals surface area contributed by atoms with Crippen molar-refractivity contribution < 1.29 is 4.52 Å². The van der Waals surface area contributed by atoms with Crippen LogP contribution in [0.1, 0.15) is 49.5 Å². The summed E-state index contributed by atoms with van der Waals surface area (Å²) in [5.74, 6) is 2.46. The molecule has 1 aromatic heterocycles. The largest absolute Gasteiger partial charge is 0.339 e. The Bertz CT molecular complexity index is 618. The zero-order valence-electron chi connectivity index (χ0n) is 12.7. The molecule has 4 nitrogen and oxygen atoms in total. The van der Waals surface area contributed by atoms with Gasteiger partial charge in [0.25, 0.3) is 0 Å². The molecule has 3 rings (SSSR count). The molecule has 1 atom stereocenters. The third-order valence-corrected chi connectivity index (χ3v) is 4.78. The molecule has 0 saturated heterocycles. The van der Waals surface area contributed by atoms with Crippen LogP contribution in [0.5, 0.6) is 0 Å². The molecule has 21 heavy (non-hydrogen) atoms. The van der Waals surface area contributed by atoms with Gasteiger partial charge in [0, 0.05) is 17.8 Å². The molecular formula is C16H21N3OS. The van der Waals surface area contributed by atoms with Crippen molar-refractivity contribution in [3.8, 4) is 0 Å². The maximum atomic E-state index is 5.51. The molecule has 1 aliphatic heterocycles. The van der Waals surface area contributed by atoms with Crippen LogP contribution in [0.25, 0.3) is 0 Å². The van der Waals surface area contributed by atoms with Crippen molar-refractivity contribution in [1.82, 2.24) is 15.5 Å². The van der Waals surface area contributed by atoms with Crippen LogP contribution in [0.4, 0.5) is 0 Å². The molecule has 112 valence electrons. The quantitative estimate of drug-likeness (QED) is 0.942. The van der Waals surface area contributed by atoms with E-state index in [2.05, 4.69) is 60.5 Å². The number of aromatic nitrogens is 2. The average molecular weight is 303 g/mol. The Balaban J connectivity index is 1.78. The fourth-order valence-corrected chi connectivity index (χ4v) is 3.14. The molecule has 1 aliphatic rings. The number of nitrogens with zero attached hydrogens (tertiary/aromatic N) is 2. The normalized spacial score (nSPS) is 18.5. The SMILES string of the molecule is CC(C)(C)SCc1noc(C2CNCc3ccccc32)n1. The summed E-state index contributed by atoms with van der Waals surface area (Å²) in [6, 6.07) is 8.46. The predicted octanol–water partition coefficient (Wildman–Crippen LogP) is 3.34. The smallest absolute Gasteiger partial charge is 0.235 e. The van der Waals surface area contributed by atoms with Gasteiger partial charge in [-0.05, 0) is 11.1 Å². The molecule has 5 heteroatoms. The first kappa shape index (κ1) is 14.6. The van der Waals surface area contributed by atoms with Crippen molar-refractivity contribution in [2.75, 3.05) is 6.54 Å². The lowest BCUT2D eigenvalue weighted by Crippen LogP contribution is -2.28. The van der Waals surface area contributed by atoms with Gasteiger partial charge in [-0.2, -0.15) is 4.98 Å². The van der Waals surface area contributed by atoms with Crippen molar-refractivity contribution in [2.24, 2.45) is 0 Å². The van der Waals surface area contributed by atoms with Crippen LogP contribution >= 0.6 is 11.8 Å². The van der Waals surface area contributed by atoms with E-state index in [0.717, 1.165) is 30.6 Å². The van der Waals surface area contributed by atoms with Gasteiger partial charge in [-0.25, -0.2) is 0 Å². The molecule has 2 heterocycles. The van der Waals surface area contributed by atoms with E-state index in [1.165, 1.54) is 11.1 Å². The zero-order chi connectivity index (χ0) is 14.9. The Morgan fingerprint density at radius 2 is 2.14 bits per heavy atom. The molecule has 1 unspecified atom stereocenters. The van der Waals surface area contributed by atoms with Crippen LogP contribution in [-0.4, -0.2) is 21.4 Å². The zero-order valence-corrected chi connectivity index (χ0v) is 13.5. The van der Waals surface area contributed by atoms with E-state index >= 15 is 0 Å². The fraction of sp³-hybridized carbons (Fsp3) is 0.500.